The van der Waals surface area contributed by atoms with Crippen molar-refractivity contribution >= 4 is 17.2 Å². The summed E-state index contributed by atoms with van der Waals surface area (Å²) in [4.78, 5) is 4.71. The first-order chi connectivity index (χ1) is 17.7. The van der Waals surface area contributed by atoms with Crippen LogP contribution < -0.4 is 20.5 Å². The van der Waals surface area contributed by atoms with E-state index in [1.54, 1.807) is 10.7 Å². The predicted octanol–water partition coefficient (Wildman–Crippen LogP) is 5.03. The molecule has 0 atom stereocenters. The van der Waals surface area contributed by atoms with Crippen molar-refractivity contribution in [2.24, 2.45) is 5.73 Å². The molecule has 8 nitrogen and oxygen atoms in total. The molecule has 0 saturated heterocycles. The molecule has 2 heterocycles. The van der Waals surface area contributed by atoms with E-state index < -0.39 is 0 Å². The van der Waals surface area contributed by atoms with Gasteiger partial charge in [0.05, 0.1) is 25.0 Å². The number of rotatable bonds is 10. The average molecular weight is 488 g/mol. The number of aromatic nitrogens is 3. The third-order valence-electron chi connectivity index (χ3n) is 6.45. The molecule has 4 aromatic rings. The Bertz CT molecular complexity index is 1250. The van der Waals surface area contributed by atoms with Gasteiger partial charge in [-0.3, -0.25) is 0 Å². The van der Waals surface area contributed by atoms with E-state index in [0.717, 1.165) is 59.7 Å². The van der Waals surface area contributed by atoms with Gasteiger partial charge in [-0.2, -0.15) is 14.6 Å². The smallest absolute Gasteiger partial charge is 0.222 e. The van der Waals surface area contributed by atoms with E-state index in [1.165, 1.54) is 0 Å². The van der Waals surface area contributed by atoms with Crippen LogP contribution in [-0.2, 0) is 11.3 Å². The zero-order chi connectivity index (χ0) is 24.7. The summed E-state index contributed by atoms with van der Waals surface area (Å²) in [7, 11) is 0. The molecule has 0 radical (unpaired) electrons. The Morgan fingerprint density at radius 2 is 1.75 bits per heavy atom. The van der Waals surface area contributed by atoms with Gasteiger partial charge >= 0.3 is 0 Å². The van der Waals surface area contributed by atoms with Crippen LogP contribution in [0.2, 0.25) is 0 Å². The van der Waals surface area contributed by atoms with Crippen LogP contribution in [-0.4, -0.2) is 40.0 Å². The first-order valence-corrected chi connectivity index (χ1v) is 12.5. The highest BCUT2D eigenvalue weighted by atomic mass is 16.5. The van der Waals surface area contributed by atoms with Gasteiger partial charge in [-0.05, 0) is 62.4 Å². The summed E-state index contributed by atoms with van der Waals surface area (Å²) in [6.45, 7) is 3.61. The molecule has 0 unspecified atom stereocenters. The molecule has 5 rings (SSSR count). The molecular weight excluding hydrogens is 454 g/mol. The number of nitrogens with two attached hydrogens (primary N) is 1. The zero-order valence-electron chi connectivity index (χ0n) is 20.6. The molecule has 0 aliphatic heterocycles. The van der Waals surface area contributed by atoms with E-state index in [0.29, 0.717) is 25.7 Å². The molecule has 8 heteroatoms. The lowest BCUT2D eigenvalue weighted by Crippen LogP contribution is -2.32. The molecule has 3 N–H and O–H groups in total. The Balaban J connectivity index is 1.20. The maximum atomic E-state index is 6.32. The summed E-state index contributed by atoms with van der Waals surface area (Å²) in [5.74, 6) is 2.26. The van der Waals surface area contributed by atoms with E-state index in [-0.39, 0.29) is 12.1 Å². The van der Waals surface area contributed by atoms with E-state index in [9.17, 15) is 0 Å². The fraction of sp³-hybridized carbons (Fsp3) is 0.357. The normalized spacial score (nSPS) is 17.7. The van der Waals surface area contributed by atoms with Gasteiger partial charge in [0.25, 0.3) is 0 Å². The maximum Gasteiger partial charge on any atom is 0.222 e. The third kappa shape index (κ3) is 5.95. The maximum absolute atomic E-state index is 6.32. The largest absolute Gasteiger partial charge is 0.491 e. The monoisotopic (exact) mass is 487 g/mol. The van der Waals surface area contributed by atoms with Crippen molar-refractivity contribution in [1.29, 1.82) is 0 Å². The lowest BCUT2D eigenvalue weighted by Gasteiger charge is -2.27. The average Bonchev–Trinajstić information content (AvgIpc) is 3.37. The summed E-state index contributed by atoms with van der Waals surface area (Å²) in [5, 5.41) is 7.94. The van der Waals surface area contributed by atoms with Crippen LogP contribution in [0, 0.1) is 6.92 Å². The number of benzene rings is 2. The summed E-state index contributed by atoms with van der Waals surface area (Å²) >= 11 is 0. The van der Waals surface area contributed by atoms with Crippen LogP contribution in [0.3, 0.4) is 0 Å². The first kappa shape index (κ1) is 24.1. The van der Waals surface area contributed by atoms with Crippen molar-refractivity contribution in [2.45, 2.75) is 51.4 Å². The second-order valence-corrected chi connectivity index (χ2v) is 9.18. The topological polar surface area (TPSA) is 95.9 Å². The van der Waals surface area contributed by atoms with Crippen LogP contribution in [0.4, 0.5) is 11.5 Å². The molecule has 2 aromatic carbocycles. The molecule has 1 aliphatic rings. The van der Waals surface area contributed by atoms with E-state index >= 15 is 0 Å². The number of anilines is 2. The molecule has 1 fully saturated rings. The van der Waals surface area contributed by atoms with Crippen molar-refractivity contribution in [1.82, 2.24) is 14.6 Å². The Labute approximate surface area is 211 Å². The molecule has 2 aromatic heterocycles. The minimum atomic E-state index is 0.141. The molecule has 0 spiro atoms. The number of hydrogen-bond donors (Lipinski definition) is 2. The standard InChI is InChI=1S/C28H33N5O3/c1-20-27(33-26(15-16-30-33)32-28(20)36-25-11-7-22(29)8-12-25)31-23-9-13-24(14-10-23)35-18-17-34-19-21-5-3-2-4-6-21/h2-6,9-10,13-16,22,25,31H,7-8,11-12,17-19,29H2,1H3. The van der Waals surface area contributed by atoms with Crippen molar-refractivity contribution in [3.8, 4) is 11.6 Å². The Morgan fingerprint density at radius 1 is 0.972 bits per heavy atom. The fourth-order valence-electron chi connectivity index (χ4n) is 4.38. The minimum Gasteiger partial charge on any atom is -0.491 e. The van der Waals surface area contributed by atoms with Crippen LogP contribution in [0.1, 0.15) is 36.8 Å². The van der Waals surface area contributed by atoms with E-state index in [1.807, 2.05) is 55.5 Å². The third-order valence-corrected chi connectivity index (χ3v) is 6.45. The number of nitrogens with zero attached hydrogens (tertiary/aromatic N) is 3. The fourth-order valence-corrected chi connectivity index (χ4v) is 4.38. The summed E-state index contributed by atoms with van der Waals surface area (Å²) < 4.78 is 19.6. The lowest BCUT2D eigenvalue weighted by atomic mass is 9.94. The lowest BCUT2D eigenvalue weighted by molar-refractivity contribution is 0.0889. The molecule has 36 heavy (non-hydrogen) atoms. The Hall–Kier alpha value is -3.62. The minimum absolute atomic E-state index is 0.141. The summed E-state index contributed by atoms with van der Waals surface area (Å²) in [5.41, 5.74) is 9.78. The van der Waals surface area contributed by atoms with Crippen molar-refractivity contribution < 1.29 is 14.2 Å². The van der Waals surface area contributed by atoms with Crippen molar-refractivity contribution in [3.05, 3.63) is 78.0 Å². The molecular formula is C28H33N5O3. The van der Waals surface area contributed by atoms with Crippen LogP contribution in [0.5, 0.6) is 11.6 Å². The number of hydrogen-bond acceptors (Lipinski definition) is 7. The van der Waals surface area contributed by atoms with Gasteiger partial charge in [0.2, 0.25) is 5.88 Å². The summed E-state index contributed by atoms with van der Waals surface area (Å²) in [6, 6.07) is 20.1. The molecule has 0 bridgehead atoms. The molecule has 0 amide bonds. The highest BCUT2D eigenvalue weighted by molar-refractivity contribution is 5.65. The SMILES string of the molecule is Cc1c(OC2CCC(N)CC2)nc2ccnn2c1Nc1ccc(OCCOCc2ccccc2)cc1. The van der Waals surface area contributed by atoms with E-state index in [2.05, 4.69) is 22.5 Å². The number of ether oxygens (including phenoxy) is 3. The van der Waals surface area contributed by atoms with E-state index in [4.69, 9.17) is 24.9 Å². The van der Waals surface area contributed by atoms with Crippen molar-refractivity contribution in [3.63, 3.8) is 0 Å². The van der Waals surface area contributed by atoms with Gasteiger partial charge in [-0.15, -0.1) is 0 Å². The Kier molecular flexibility index (Phi) is 7.64. The second kappa shape index (κ2) is 11.4. The molecule has 1 saturated carbocycles. The number of nitrogens with one attached hydrogen (secondary N) is 1. The van der Waals surface area contributed by atoms with Crippen molar-refractivity contribution in [2.75, 3.05) is 18.5 Å². The highest BCUT2D eigenvalue weighted by Crippen LogP contribution is 2.31. The molecule has 1 aliphatic carbocycles. The number of fused-ring (bicyclic) bond motifs is 1. The second-order valence-electron chi connectivity index (χ2n) is 9.18. The van der Waals surface area contributed by atoms with Gasteiger partial charge in [0, 0.05) is 17.8 Å². The van der Waals surface area contributed by atoms with Crippen LogP contribution >= 0.6 is 0 Å². The first-order valence-electron chi connectivity index (χ1n) is 12.5. The van der Waals surface area contributed by atoms with Gasteiger partial charge < -0.3 is 25.3 Å². The van der Waals surface area contributed by atoms with Gasteiger partial charge in [0.15, 0.2) is 5.65 Å². The van der Waals surface area contributed by atoms with Crippen LogP contribution in [0.15, 0.2) is 66.9 Å². The molecule has 188 valence electrons. The predicted molar refractivity (Wildman–Crippen MR) is 140 cm³/mol. The van der Waals surface area contributed by atoms with Gasteiger partial charge in [0.1, 0.15) is 24.3 Å². The van der Waals surface area contributed by atoms with Gasteiger partial charge in [-0.25, -0.2) is 0 Å². The summed E-state index contributed by atoms with van der Waals surface area (Å²) in [6.07, 6.45) is 5.76. The quantitative estimate of drug-likeness (QED) is 0.303. The van der Waals surface area contributed by atoms with Gasteiger partial charge in [-0.1, -0.05) is 30.3 Å². The zero-order valence-corrected chi connectivity index (χ0v) is 20.6. The highest BCUT2D eigenvalue weighted by Gasteiger charge is 2.22. The van der Waals surface area contributed by atoms with Crippen LogP contribution in [0.25, 0.3) is 5.65 Å². The Morgan fingerprint density at radius 3 is 2.53 bits per heavy atom.